The fraction of sp³-hybridized carbons (Fsp3) is 0.211. The second-order valence-corrected chi connectivity index (χ2v) is 7.44. The molecule has 0 saturated carbocycles. The standard InChI is InChI=1S/C19H13Cl2F3N4O3/c20-12-5-9(15(30)3-4-29)1-2-11(12)16-26-18(31-27-16)14-8-28-7-10(19(22,23)24)6-13(21)17(28)25-14/h1-2,5-8,15,29-30H,3-4H2. The number of benzene rings is 1. The van der Waals surface area contributed by atoms with Crippen molar-refractivity contribution in [2.45, 2.75) is 18.7 Å². The molecule has 0 amide bonds. The van der Waals surface area contributed by atoms with E-state index in [1.807, 2.05) is 0 Å². The summed E-state index contributed by atoms with van der Waals surface area (Å²) in [6.07, 6.45) is -3.12. The van der Waals surface area contributed by atoms with Crippen LogP contribution in [0.25, 0.3) is 28.6 Å². The minimum atomic E-state index is -4.56. The van der Waals surface area contributed by atoms with Crippen LogP contribution in [-0.2, 0) is 6.18 Å². The van der Waals surface area contributed by atoms with Crippen LogP contribution in [0.4, 0.5) is 13.2 Å². The maximum atomic E-state index is 13.0. The highest BCUT2D eigenvalue weighted by molar-refractivity contribution is 6.33. The van der Waals surface area contributed by atoms with Crippen LogP contribution in [0.5, 0.6) is 0 Å². The van der Waals surface area contributed by atoms with Gasteiger partial charge in [-0.15, -0.1) is 0 Å². The first-order chi connectivity index (χ1) is 14.7. The predicted octanol–water partition coefficient (Wildman–Crippen LogP) is 4.79. The predicted molar refractivity (Wildman–Crippen MR) is 106 cm³/mol. The lowest BCUT2D eigenvalue weighted by atomic mass is 10.0. The Balaban J connectivity index is 1.68. The zero-order valence-corrected chi connectivity index (χ0v) is 16.9. The molecule has 3 heterocycles. The Morgan fingerprint density at radius 3 is 2.55 bits per heavy atom. The Bertz CT molecular complexity index is 1260. The van der Waals surface area contributed by atoms with Crippen molar-refractivity contribution < 1.29 is 27.9 Å². The molecule has 1 aromatic carbocycles. The Labute approximate surface area is 182 Å². The number of aliphatic hydroxyl groups excluding tert-OH is 2. The van der Waals surface area contributed by atoms with Crippen LogP contribution in [0.1, 0.15) is 23.7 Å². The zero-order valence-electron chi connectivity index (χ0n) is 15.4. The number of aliphatic hydroxyl groups is 2. The molecular formula is C19H13Cl2F3N4O3. The molecule has 0 aliphatic carbocycles. The molecule has 7 nitrogen and oxygen atoms in total. The lowest BCUT2D eigenvalue weighted by molar-refractivity contribution is -0.137. The smallest absolute Gasteiger partial charge is 0.396 e. The number of hydrogen-bond donors (Lipinski definition) is 2. The van der Waals surface area contributed by atoms with Gasteiger partial charge in [0.1, 0.15) is 5.69 Å². The van der Waals surface area contributed by atoms with Gasteiger partial charge in [-0.05, 0) is 23.8 Å². The minimum absolute atomic E-state index is 0.0382. The fourth-order valence-corrected chi connectivity index (χ4v) is 3.49. The molecule has 0 spiro atoms. The number of fused-ring (bicyclic) bond motifs is 1. The summed E-state index contributed by atoms with van der Waals surface area (Å²) in [4.78, 5) is 8.38. The summed E-state index contributed by atoms with van der Waals surface area (Å²) in [7, 11) is 0. The molecule has 2 N–H and O–H groups in total. The number of rotatable bonds is 5. The average molecular weight is 473 g/mol. The first-order valence-corrected chi connectivity index (χ1v) is 9.61. The minimum Gasteiger partial charge on any atom is -0.396 e. The van der Waals surface area contributed by atoms with E-state index >= 15 is 0 Å². The van der Waals surface area contributed by atoms with Gasteiger partial charge in [0.25, 0.3) is 5.89 Å². The molecule has 12 heteroatoms. The monoisotopic (exact) mass is 472 g/mol. The van der Waals surface area contributed by atoms with Crippen molar-refractivity contribution >= 4 is 28.8 Å². The largest absolute Gasteiger partial charge is 0.417 e. The van der Waals surface area contributed by atoms with E-state index in [2.05, 4.69) is 15.1 Å². The third kappa shape index (κ3) is 4.24. The van der Waals surface area contributed by atoms with Gasteiger partial charge in [-0.1, -0.05) is 34.4 Å². The van der Waals surface area contributed by atoms with Gasteiger partial charge in [-0.3, -0.25) is 0 Å². The molecular weight excluding hydrogens is 460 g/mol. The summed E-state index contributed by atoms with van der Waals surface area (Å²) in [5.41, 5.74) is 0.242. The molecule has 3 aromatic heterocycles. The molecule has 0 fully saturated rings. The molecule has 0 saturated heterocycles. The summed E-state index contributed by atoms with van der Waals surface area (Å²) < 4.78 is 45.3. The lowest BCUT2D eigenvalue weighted by Crippen LogP contribution is -2.06. The van der Waals surface area contributed by atoms with E-state index in [1.54, 1.807) is 12.1 Å². The summed E-state index contributed by atoms with van der Waals surface area (Å²) in [6, 6.07) is 5.51. The second-order valence-electron chi connectivity index (χ2n) is 6.62. The quantitative estimate of drug-likeness (QED) is 0.433. The Morgan fingerprint density at radius 1 is 1.10 bits per heavy atom. The topological polar surface area (TPSA) is 96.7 Å². The van der Waals surface area contributed by atoms with Gasteiger partial charge in [0.2, 0.25) is 5.82 Å². The molecule has 0 aliphatic heterocycles. The van der Waals surface area contributed by atoms with E-state index < -0.39 is 17.8 Å². The van der Waals surface area contributed by atoms with Crippen molar-refractivity contribution in [2.24, 2.45) is 0 Å². The van der Waals surface area contributed by atoms with E-state index in [9.17, 15) is 18.3 Å². The number of halogens is 5. The Kier molecular flexibility index (Phi) is 5.65. The fourth-order valence-electron chi connectivity index (χ4n) is 2.96. The normalized spacial score (nSPS) is 13.1. The van der Waals surface area contributed by atoms with Crippen LogP contribution in [0.3, 0.4) is 0 Å². The SMILES string of the molecule is OCCC(O)c1ccc(-c2noc(-c3cn4cc(C(F)(F)F)cc(Cl)c4n3)n2)c(Cl)c1. The molecule has 4 rings (SSSR count). The highest BCUT2D eigenvalue weighted by atomic mass is 35.5. The number of hydrogen-bond acceptors (Lipinski definition) is 6. The van der Waals surface area contributed by atoms with Gasteiger partial charge in [-0.25, -0.2) is 4.98 Å². The molecule has 0 bridgehead atoms. The third-order valence-electron chi connectivity index (χ3n) is 4.50. The van der Waals surface area contributed by atoms with Crippen LogP contribution in [0, 0.1) is 0 Å². The molecule has 1 atom stereocenters. The summed E-state index contributed by atoms with van der Waals surface area (Å²) in [6.45, 7) is -0.178. The average Bonchev–Trinajstić information content (AvgIpc) is 3.34. The van der Waals surface area contributed by atoms with Gasteiger partial charge in [-0.2, -0.15) is 18.2 Å². The maximum Gasteiger partial charge on any atom is 0.417 e. The van der Waals surface area contributed by atoms with E-state index in [1.165, 1.54) is 12.3 Å². The van der Waals surface area contributed by atoms with E-state index in [-0.39, 0.29) is 46.1 Å². The van der Waals surface area contributed by atoms with Crippen molar-refractivity contribution in [1.82, 2.24) is 19.5 Å². The van der Waals surface area contributed by atoms with Gasteiger partial charge in [0.05, 0.1) is 21.7 Å². The van der Waals surface area contributed by atoms with Gasteiger partial charge < -0.3 is 19.1 Å². The van der Waals surface area contributed by atoms with E-state index in [0.717, 1.165) is 16.7 Å². The molecule has 0 radical (unpaired) electrons. The summed E-state index contributed by atoms with van der Waals surface area (Å²) in [5, 5.41) is 22.8. The number of aromatic nitrogens is 4. The van der Waals surface area contributed by atoms with E-state index in [4.69, 9.17) is 32.8 Å². The van der Waals surface area contributed by atoms with Crippen molar-refractivity contribution in [3.63, 3.8) is 0 Å². The van der Waals surface area contributed by atoms with Crippen LogP contribution < -0.4 is 0 Å². The van der Waals surface area contributed by atoms with Crippen LogP contribution in [-0.4, -0.2) is 36.3 Å². The van der Waals surface area contributed by atoms with Gasteiger partial charge in [0, 0.05) is 31.0 Å². The second kappa shape index (κ2) is 8.12. The third-order valence-corrected chi connectivity index (χ3v) is 5.09. The molecule has 31 heavy (non-hydrogen) atoms. The highest BCUT2D eigenvalue weighted by Crippen LogP contribution is 2.34. The Morgan fingerprint density at radius 2 is 1.87 bits per heavy atom. The van der Waals surface area contributed by atoms with Gasteiger partial charge >= 0.3 is 6.18 Å². The summed E-state index contributed by atoms with van der Waals surface area (Å²) >= 11 is 12.2. The number of pyridine rings is 1. The summed E-state index contributed by atoms with van der Waals surface area (Å²) in [5.74, 6) is 0.0890. The number of imidazole rings is 1. The van der Waals surface area contributed by atoms with Crippen LogP contribution in [0.15, 0.2) is 41.2 Å². The molecule has 0 aliphatic rings. The van der Waals surface area contributed by atoms with Crippen LogP contribution in [0.2, 0.25) is 10.0 Å². The van der Waals surface area contributed by atoms with E-state index in [0.29, 0.717) is 11.1 Å². The maximum absolute atomic E-state index is 13.0. The molecule has 162 valence electrons. The highest BCUT2D eigenvalue weighted by Gasteiger charge is 2.32. The first kappa shape index (κ1) is 21.6. The number of alkyl halides is 3. The Hall–Kier alpha value is -2.66. The first-order valence-electron chi connectivity index (χ1n) is 8.85. The van der Waals surface area contributed by atoms with Crippen molar-refractivity contribution in [3.8, 4) is 23.0 Å². The van der Waals surface area contributed by atoms with Crippen molar-refractivity contribution in [3.05, 3.63) is 57.8 Å². The van der Waals surface area contributed by atoms with Gasteiger partial charge in [0.15, 0.2) is 5.65 Å². The van der Waals surface area contributed by atoms with Crippen molar-refractivity contribution in [1.29, 1.82) is 0 Å². The number of nitrogens with zero attached hydrogens (tertiary/aromatic N) is 4. The molecule has 1 unspecified atom stereocenters. The molecule has 4 aromatic rings. The van der Waals surface area contributed by atoms with Crippen molar-refractivity contribution in [2.75, 3.05) is 6.61 Å². The van der Waals surface area contributed by atoms with Crippen LogP contribution >= 0.6 is 23.2 Å². The zero-order chi connectivity index (χ0) is 22.3. The lowest BCUT2D eigenvalue weighted by Gasteiger charge is -2.10.